The molecule has 5 heteroatoms. The van der Waals surface area contributed by atoms with Gasteiger partial charge in [-0.1, -0.05) is 28.1 Å². The lowest BCUT2D eigenvalue weighted by atomic mass is 10.1. The molecule has 0 radical (unpaired) electrons. The molecule has 0 aliphatic rings. The number of hydrogen-bond donors (Lipinski definition) is 1. The van der Waals surface area contributed by atoms with Crippen molar-refractivity contribution in [2.45, 2.75) is 20.4 Å². The topological polar surface area (TPSA) is 37.8 Å². The molecule has 1 heterocycles. The molecule has 3 nitrogen and oxygen atoms in total. The first-order valence-electron chi connectivity index (χ1n) is 4.94. The van der Waals surface area contributed by atoms with Gasteiger partial charge in [-0.15, -0.1) is 0 Å². The molecule has 0 amide bonds. The van der Waals surface area contributed by atoms with Gasteiger partial charge in [0.05, 0.1) is 0 Å². The van der Waals surface area contributed by atoms with Gasteiger partial charge < -0.3 is 5.32 Å². The summed E-state index contributed by atoms with van der Waals surface area (Å²) in [5.74, 6) is 0.817. The zero-order chi connectivity index (χ0) is 11.5. The second-order valence-electron chi connectivity index (χ2n) is 3.58. The summed E-state index contributed by atoms with van der Waals surface area (Å²) in [5.41, 5.74) is 2.47. The van der Waals surface area contributed by atoms with Gasteiger partial charge in [-0.05, 0) is 31.0 Å². The van der Waals surface area contributed by atoms with Crippen LogP contribution in [0.4, 0.5) is 5.13 Å². The average Bonchev–Trinajstić information content (AvgIpc) is 2.66. The van der Waals surface area contributed by atoms with E-state index in [9.17, 15) is 0 Å². The highest BCUT2D eigenvalue weighted by Crippen LogP contribution is 2.18. The first-order valence-corrected chi connectivity index (χ1v) is 6.51. The molecule has 0 unspecified atom stereocenters. The fourth-order valence-corrected chi connectivity index (χ4v) is 2.29. The number of nitrogens with one attached hydrogen (secondary N) is 1. The maximum atomic E-state index is 4.25. The summed E-state index contributed by atoms with van der Waals surface area (Å²) in [4.78, 5) is 4.25. The summed E-state index contributed by atoms with van der Waals surface area (Å²) in [6, 6.07) is 6.34. The Hall–Kier alpha value is -0.940. The molecule has 0 aliphatic heterocycles. The maximum Gasteiger partial charge on any atom is 0.202 e. The monoisotopic (exact) mass is 297 g/mol. The van der Waals surface area contributed by atoms with Crippen LogP contribution in [0.1, 0.15) is 17.0 Å². The number of hydrogen-bond acceptors (Lipinski definition) is 4. The van der Waals surface area contributed by atoms with Crippen LogP contribution in [0, 0.1) is 13.8 Å². The summed E-state index contributed by atoms with van der Waals surface area (Å²) in [6.07, 6.45) is 0. The smallest absolute Gasteiger partial charge is 0.202 e. The van der Waals surface area contributed by atoms with Crippen LogP contribution in [0.2, 0.25) is 0 Å². The minimum Gasteiger partial charge on any atom is -0.356 e. The summed E-state index contributed by atoms with van der Waals surface area (Å²) < 4.78 is 5.26. The molecule has 2 rings (SSSR count). The molecule has 2 aromatic rings. The Morgan fingerprint density at radius 2 is 2.19 bits per heavy atom. The molecule has 0 saturated heterocycles. The van der Waals surface area contributed by atoms with E-state index in [-0.39, 0.29) is 0 Å². The molecule has 1 aromatic heterocycles. The third-order valence-electron chi connectivity index (χ3n) is 2.21. The zero-order valence-electron chi connectivity index (χ0n) is 9.12. The molecule has 1 N–H and O–H groups in total. The van der Waals surface area contributed by atoms with Gasteiger partial charge in [0.2, 0.25) is 5.13 Å². The lowest BCUT2D eigenvalue weighted by molar-refractivity contribution is 1.10. The van der Waals surface area contributed by atoms with Crippen molar-refractivity contribution in [2.24, 2.45) is 0 Å². The molecule has 84 valence electrons. The van der Waals surface area contributed by atoms with E-state index < -0.39 is 0 Å². The Labute approximate surface area is 107 Å². The number of benzene rings is 1. The van der Waals surface area contributed by atoms with Crippen molar-refractivity contribution in [3.63, 3.8) is 0 Å². The van der Waals surface area contributed by atoms with Gasteiger partial charge in [0.15, 0.2) is 0 Å². The van der Waals surface area contributed by atoms with Crippen LogP contribution >= 0.6 is 27.5 Å². The van der Waals surface area contributed by atoms with Crippen LogP contribution in [0.15, 0.2) is 22.7 Å². The zero-order valence-corrected chi connectivity index (χ0v) is 11.5. The van der Waals surface area contributed by atoms with E-state index in [1.54, 1.807) is 0 Å². The number of halogens is 1. The van der Waals surface area contributed by atoms with Gasteiger partial charge in [-0.2, -0.15) is 4.37 Å². The summed E-state index contributed by atoms with van der Waals surface area (Å²) >= 11 is 4.92. The molecule has 0 spiro atoms. The van der Waals surface area contributed by atoms with Gasteiger partial charge in [-0.25, -0.2) is 4.98 Å². The minimum atomic E-state index is 0.771. The Morgan fingerprint density at radius 3 is 2.81 bits per heavy atom. The average molecular weight is 298 g/mol. The molecule has 16 heavy (non-hydrogen) atoms. The number of nitrogens with zero attached hydrogens (tertiary/aromatic N) is 2. The van der Waals surface area contributed by atoms with E-state index in [0.717, 1.165) is 22.0 Å². The lowest BCUT2D eigenvalue weighted by Gasteiger charge is -2.04. The van der Waals surface area contributed by atoms with E-state index in [0.29, 0.717) is 0 Å². The van der Waals surface area contributed by atoms with Gasteiger partial charge in [-0.3, -0.25) is 0 Å². The first-order chi connectivity index (χ1) is 7.65. The highest BCUT2D eigenvalue weighted by atomic mass is 79.9. The number of aryl methyl sites for hydroxylation is 2. The molecule has 0 saturated carbocycles. The molecular formula is C11H12BrN3S. The van der Waals surface area contributed by atoms with Crippen LogP contribution in [-0.2, 0) is 6.54 Å². The van der Waals surface area contributed by atoms with E-state index in [1.165, 1.54) is 22.7 Å². The summed E-state index contributed by atoms with van der Waals surface area (Å²) in [7, 11) is 0. The SMILES string of the molecule is Cc1nsc(NCc2ccc(C)c(Br)c2)n1. The van der Waals surface area contributed by atoms with Crippen molar-refractivity contribution in [1.82, 2.24) is 9.36 Å². The van der Waals surface area contributed by atoms with Crippen molar-refractivity contribution < 1.29 is 0 Å². The number of rotatable bonds is 3. The molecule has 0 aliphatic carbocycles. The largest absolute Gasteiger partial charge is 0.356 e. The first kappa shape index (κ1) is 11.5. The Bertz CT molecular complexity index is 496. The van der Waals surface area contributed by atoms with Crippen molar-refractivity contribution >= 4 is 32.6 Å². The van der Waals surface area contributed by atoms with Crippen LogP contribution in [0.25, 0.3) is 0 Å². The van der Waals surface area contributed by atoms with Gasteiger partial charge >= 0.3 is 0 Å². The fraction of sp³-hybridized carbons (Fsp3) is 0.273. The van der Waals surface area contributed by atoms with E-state index in [2.05, 4.69) is 55.7 Å². The standard InChI is InChI=1S/C11H12BrN3S/c1-7-3-4-9(5-10(7)12)6-13-11-14-8(2)15-16-11/h3-5H,6H2,1-2H3,(H,13,14,15). The van der Waals surface area contributed by atoms with Gasteiger partial charge in [0.25, 0.3) is 0 Å². The molecule has 1 aromatic carbocycles. The van der Waals surface area contributed by atoms with Crippen LogP contribution in [-0.4, -0.2) is 9.36 Å². The van der Waals surface area contributed by atoms with Crippen molar-refractivity contribution in [3.05, 3.63) is 39.6 Å². The second kappa shape index (κ2) is 4.93. The van der Waals surface area contributed by atoms with E-state index >= 15 is 0 Å². The highest BCUT2D eigenvalue weighted by molar-refractivity contribution is 9.10. The predicted octanol–water partition coefficient (Wildman–Crippen LogP) is 3.53. The van der Waals surface area contributed by atoms with E-state index in [1.807, 2.05) is 6.92 Å². The van der Waals surface area contributed by atoms with Crippen molar-refractivity contribution in [2.75, 3.05) is 5.32 Å². The Balaban J connectivity index is 2.02. The second-order valence-corrected chi connectivity index (χ2v) is 5.19. The van der Waals surface area contributed by atoms with Crippen molar-refractivity contribution in [1.29, 1.82) is 0 Å². The lowest BCUT2D eigenvalue weighted by Crippen LogP contribution is -1.99. The van der Waals surface area contributed by atoms with Crippen LogP contribution < -0.4 is 5.32 Å². The number of anilines is 1. The molecule has 0 bridgehead atoms. The molecule has 0 atom stereocenters. The molecule has 0 fully saturated rings. The normalized spacial score (nSPS) is 10.4. The maximum absolute atomic E-state index is 4.25. The van der Waals surface area contributed by atoms with E-state index in [4.69, 9.17) is 0 Å². The fourth-order valence-electron chi connectivity index (χ4n) is 1.29. The third-order valence-corrected chi connectivity index (χ3v) is 3.83. The summed E-state index contributed by atoms with van der Waals surface area (Å²) in [6.45, 7) is 4.74. The Morgan fingerprint density at radius 1 is 1.38 bits per heavy atom. The third kappa shape index (κ3) is 2.80. The minimum absolute atomic E-state index is 0.771. The summed E-state index contributed by atoms with van der Waals surface area (Å²) in [5, 5.41) is 4.12. The van der Waals surface area contributed by atoms with Gasteiger partial charge in [0.1, 0.15) is 5.82 Å². The highest BCUT2D eigenvalue weighted by Gasteiger charge is 2.01. The van der Waals surface area contributed by atoms with Crippen LogP contribution in [0.5, 0.6) is 0 Å². The predicted molar refractivity (Wildman–Crippen MR) is 70.9 cm³/mol. The van der Waals surface area contributed by atoms with Crippen LogP contribution in [0.3, 0.4) is 0 Å². The van der Waals surface area contributed by atoms with Crippen molar-refractivity contribution in [3.8, 4) is 0 Å². The van der Waals surface area contributed by atoms with Gasteiger partial charge in [0, 0.05) is 22.5 Å². The Kier molecular flexibility index (Phi) is 3.56. The molecular weight excluding hydrogens is 286 g/mol. The number of aromatic nitrogens is 2. The quantitative estimate of drug-likeness (QED) is 0.942.